The molecular formula is C20H24N2O2S. The summed E-state index contributed by atoms with van der Waals surface area (Å²) in [6, 6.07) is 15.0. The molecule has 4 rings (SSSR count). The number of anilines is 1. The third-order valence-corrected chi connectivity index (χ3v) is 7.03. The first-order valence-electron chi connectivity index (χ1n) is 8.85. The van der Waals surface area contributed by atoms with Gasteiger partial charge >= 0.3 is 0 Å². The number of sulfonamides is 1. The van der Waals surface area contributed by atoms with E-state index in [2.05, 4.69) is 36.0 Å². The van der Waals surface area contributed by atoms with Gasteiger partial charge in [0.15, 0.2) is 0 Å². The standard InChI is InChI=1S/C20H24N2O2S/c1-14(2)15-3-9-19(10-4-15)25(23,24)22-18-7-5-16(6-8-18)20-11-17(20)12-21-13-20/h3-10,14,17,21-22H,11-13H2,1-2H3/t17-,20?/m1/s1. The van der Waals surface area contributed by atoms with E-state index in [-0.39, 0.29) is 0 Å². The van der Waals surface area contributed by atoms with Crippen LogP contribution in [0.1, 0.15) is 37.3 Å². The average Bonchev–Trinajstić information content (AvgIpc) is 3.16. The molecule has 0 radical (unpaired) electrons. The second-order valence-electron chi connectivity index (χ2n) is 7.59. The van der Waals surface area contributed by atoms with Crippen LogP contribution in [0.2, 0.25) is 0 Å². The molecule has 0 aromatic heterocycles. The Balaban J connectivity index is 1.51. The number of hydrogen-bond donors (Lipinski definition) is 2. The monoisotopic (exact) mass is 356 g/mol. The lowest BCUT2D eigenvalue weighted by molar-refractivity contribution is 0.601. The Kier molecular flexibility index (Phi) is 3.89. The summed E-state index contributed by atoms with van der Waals surface area (Å²) in [6.45, 7) is 6.31. The van der Waals surface area contributed by atoms with Crippen LogP contribution in [-0.2, 0) is 15.4 Å². The highest BCUT2D eigenvalue weighted by atomic mass is 32.2. The van der Waals surface area contributed by atoms with E-state index in [1.54, 1.807) is 12.1 Å². The predicted octanol–water partition coefficient (Wildman–Crippen LogP) is 3.47. The van der Waals surface area contributed by atoms with Gasteiger partial charge in [-0.2, -0.15) is 0 Å². The van der Waals surface area contributed by atoms with Crippen molar-refractivity contribution in [2.24, 2.45) is 5.92 Å². The van der Waals surface area contributed by atoms with Gasteiger partial charge in [0.25, 0.3) is 10.0 Å². The maximum Gasteiger partial charge on any atom is 0.261 e. The molecule has 2 fully saturated rings. The lowest BCUT2D eigenvalue weighted by Crippen LogP contribution is -2.19. The summed E-state index contributed by atoms with van der Waals surface area (Å²) in [5.74, 6) is 1.13. The van der Waals surface area contributed by atoms with E-state index in [1.165, 1.54) is 12.0 Å². The zero-order valence-electron chi connectivity index (χ0n) is 14.6. The predicted molar refractivity (Wildman–Crippen MR) is 100 cm³/mol. The van der Waals surface area contributed by atoms with Gasteiger partial charge in [0.05, 0.1) is 4.90 Å². The number of fused-ring (bicyclic) bond motifs is 1. The minimum absolute atomic E-state index is 0.293. The van der Waals surface area contributed by atoms with Crippen molar-refractivity contribution in [2.45, 2.75) is 36.5 Å². The second kappa shape index (κ2) is 5.85. The van der Waals surface area contributed by atoms with Crippen molar-refractivity contribution in [1.82, 2.24) is 5.32 Å². The van der Waals surface area contributed by atoms with E-state index >= 15 is 0 Å². The van der Waals surface area contributed by atoms with E-state index in [4.69, 9.17) is 0 Å². The highest BCUT2D eigenvalue weighted by molar-refractivity contribution is 7.92. The molecule has 25 heavy (non-hydrogen) atoms. The molecule has 1 saturated carbocycles. The molecule has 0 amide bonds. The fourth-order valence-electron chi connectivity index (χ4n) is 3.91. The second-order valence-corrected chi connectivity index (χ2v) is 9.28. The van der Waals surface area contributed by atoms with Gasteiger partial charge in [-0.05, 0) is 60.2 Å². The normalized spacial score (nSPS) is 25.0. The van der Waals surface area contributed by atoms with Crippen molar-refractivity contribution in [1.29, 1.82) is 0 Å². The minimum atomic E-state index is -3.55. The first kappa shape index (κ1) is 16.6. The third-order valence-electron chi connectivity index (χ3n) is 5.63. The Morgan fingerprint density at radius 1 is 1.08 bits per heavy atom. The van der Waals surface area contributed by atoms with Crippen LogP contribution < -0.4 is 10.0 Å². The summed E-state index contributed by atoms with van der Waals surface area (Å²) in [7, 11) is -3.55. The highest BCUT2D eigenvalue weighted by Gasteiger charge is 2.57. The molecule has 2 aromatic rings. The molecule has 1 unspecified atom stereocenters. The Morgan fingerprint density at radius 2 is 1.76 bits per heavy atom. The van der Waals surface area contributed by atoms with Crippen LogP contribution in [0, 0.1) is 5.92 Å². The van der Waals surface area contributed by atoms with Gasteiger partial charge in [-0.3, -0.25) is 4.72 Å². The molecule has 5 heteroatoms. The molecule has 2 aliphatic rings. The zero-order chi connectivity index (χ0) is 17.7. The number of nitrogens with one attached hydrogen (secondary N) is 2. The van der Waals surface area contributed by atoms with Gasteiger partial charge in [-0.1, -0.05) is 38.1 Å². The van der Waals surface area contributed by atoms with Gasteiger partial charge in [-0.15, -0.1) is 0 Å². The summed E-state index contributed by atoms with van der Waals surface area (Å²) in [5.41, 5.74) is 3.35. The van der Waals surface area contributed by atoms with Gasteiger partial charge < -0.3 is 5.32 Å². The fraction of sp³-hybridized carbons (Fsp3) is 0.400. The number of hydrogen-bond acceptors (Lipinski definition) is 3. The molecule has 1 aliphatic carbocycles. The van der Waals surface area contributed by atoms with E-state index in [0.29, 0.717) is 21.9 Å². The summed E-state index contributed by atoms with van der Waals surface area (Å²) >= 11 is 0. The lowest BCUT2D eigenvalue weighted by atomic mass is 9.95. The molecule has 1 heterocycles. The molecule has 0 bridgehead atoms. The molecule has 132 valence electrons. The minimum Gasteiger partial charge on any atom is -0.316 e. The molecule has 2 aromatic carbocycles. The summed E-state index contributed by atoms with van der Waals surface area (Å²) in [6.07, 6.45) is 1.24. The Labute approximate surface area is 149 Å². The molecule has 2 atom stereocenters. The van der Waals surface area contributed by atoms with E-state index in [1.807, 2.05) is 24.3 Å². The van der Waals surface area contributed by atoms with Crippen molar-refractivity contribution in [2.75, 3.05) is 17.8 Å². The van der Waals surface area contributed by atoms with Crippen molar-refractivity contribution in [3.63, 3.8) is 0 Å². The van der Waals surface area contributed by atoms with Gasteiger partial charge in [0.2, 0.25) is 0 Å². The van der Waals surface area contributed by atoms with E-state index in [0.717, 1.165) is 24.6 Å². The van der Waals surface area contributed by atoms with Crippen LogP contribution in [-0.4, -0.2) is 21.5 Å². The Morgan fingerprint density at radius 3 is 2.28 bits per heavy atom. The van der Waals surface area contributed by atoms with Crippen molar-refractivity contribution in [3.8, 4) is 0 Å². The topological polar surface area (TPSA) is 58.2 Å². The van der Waals surface area contributed by atoms with Gasteiger partial charge in [-0.25, -0.2) is 8.42 Å². The number of benzene rings is 2. The smallest absolute Gasteiger partial charge is 0.261 e. The van der Waals surface area contributed by atoms with Gasteiger partial charge in [0, 0.05) is 17.6 Å². The summed E-state index contributed by atoms with van der Waals surface area (Å²) in [4.78, 5) is 0.293. The average molecular weight is 356 g/mol. The van der Waals surface area contributed by atoms with Gasteiger partial charge in [0.1, 0.15) is 0 Å². The van der Waals surface area contributed by atoms with Crippen LogP contribution in [0.3, 0.4) is 0 Å². The highest BCUT2D eigenvalue weighted by Crippen LogP contribution is 2.56. The Hall–Kier alpha value is -1.85. The van der Waals surface area contributed by atoms with Crippen LogP contribution in [0.25, 0.3) is 0 Å². The SMILES string of the molecule is CC(C)c1ccc(S(=O)(=O)Nc2ccc(C34CNC[C@H]3C4)cc2)cc1. The number of rotatable bonds is 5. The first-order valence-corrected chi connectivity index (χ1v) is 10.3. The van der Waals surface area contributed by atoms with E-state index < -0.39 is 10.0 Å². The Bertz CT molecular complexity index is 873. The maximum absolute atomic E-state index is 12.6. The van der Waals surface area contributed by atoms with Crippen molar-refractivity contribution in [3.05, 3.63) is 59.7 Å². The quantitative estimate of drug-likeness (QED) is 0.862. The van der Waals surface area contributed by atoms with Crippen LogP contribution in [0.4, 0.5) is 5.69 Å². The third kappa shape index (κ3) is 2.96. The molecule has 1 saturated heterocycles. The molecule has 0 spiro atoms. The van der Waals surface area contributed by atoms with Crippen molar-refractivity contribution >= 4 is 15.7 Å². The van der Waals surface area contributed by atoms with Crippen LogP contribution in [0.15, 0.2) is 53.4 Å². The van der Waals surface area contributed by atoms with Crippen molar-refractivity contribution < 1.29 is 8.42 Å². The van der Waals surface area contributed by atoms with Crippen LogP contribution in [0.5, 0.6) is 0 Å². The molecule has 1 aliphatic heterocycles. The molecule has 4 nitrogen and oxygen atoms in total. The first-order chi connectivity index (χ1) is 11.9. The number of piperidine rings is 1. The largest absolute Gasteiger partial charge is 0.316 e. The summed E-state index contributed by atoms with van der Waals surface area (Å²) in [5, 5.41) is 3.44. The molecular weight excluding hydrogens is 332 g/mol. The lowest BCUT2D eigenvalue weighted by Gasteiger charge is -2.14. The maximum atomic E-state index is 12.6. The molecule has 2 N–H and O–H groups in total. The fourth-order valence-corrected chi connectivity index (χ4v) is 4.96. The summed E-state index contributed by atoms with van der Waals surface area (Å²) < 4.78 is 27.8. The van der Waals surface area contributed by atoms with Crippen LogP contribution >= 0.6 is 0 Å². The van der Waals surface area contributed by atoms with E-state index in [9.17, 15) is 8.42 Å². The zero-order valence-corrected chi connectivity index (χ0v) is 15.4.